The largest absolute Gasteiger partial charge is 0.384 e. The SMILES string of the molecule is Cc1cc(N)n(Cc2cccc(Cl)c2Cl)n1. The number of rotatable bonds is 2. The Bertz CT molecular complexity index is 520. The molecule has 16 heavy (non-hydrogen) atoms. The summed E-state index contributed by atoms with van der Waals surface area (Å²) in [6, 6.07) is 7.34. The van der Waals surface area contributed by atoms with Crippen molar-refractivity contribution in [1.29, 1.82) is 0 Å². The van der Waals surface area contributed by atoms with E-state index in [0.717, 1.165) is 11.3 Å². The molecule has 84 valence electrons. The molecule has 3 nitrogen and oxygen atoms in total. The van der Waals surface area contributed by atoms with E-state index < -0.39 is 0 Å². The van der Waals surface area contributed by atoms with Crippen LogP contribution >= 0.6 is 23.2 Å². The molecule has 0 spiro atoms. The number of aryl methyl sites for hydroxylation is 1. The highest BCUT2D eigenvalue weighted by molar-refractivity contribution is 6.42. The second-order valence-electron chi connectivity index (χ2n) is 3.58. The summed E-state index contributed by atoms with van der Waals surface area (Å²) in [7, 11) is 0. The summed E-state index contributed by atoms with van der Waals surface area (Å²) >= 11 is 12.0. The van der Waals surface area contributed by atoms with Gasteiger partial charge in [0, 0.05) is 6.07 Å². The predicted molar refractivity (Wildman–Crippen MR) is 66.9 cm³/mol. The summed E-state index contributed by atoms with van der Waals surface area (Å²) in [4.78, 5) is 0. The Labute approximate surface area is 104 Å². The van der Waals surface area contributed by atoms with Crippen molar-refractivity contribution >= 4 is 29.0 Å². The zero-order valence-electron chi connectivity index (χ0n) is 8.74. The lowest BCUT2D eigenvalue weighted by Gasteiger charge is -2.07. The molecular formula is C11H11Cl2N3. The first-order valence-corrected chi connectivity index (χ1v) is 5.56. The van der Waals surface area contributed by atoms with Crippen molar-refractivity contribution in [1.82, 2.24) is 9.78 Å². The molecule has 0 amide bonds. The summed E-state index contributed by atoms with van der Waals surface area (Å²) in [5, 5.41) is 5.36. The van der Waals surface area contributed by atoms with E-state index in [0.29, 0.717) is 22.4 Å². The normalized spacial score (nSPS) is 10.7. The van der Waals surface area contributed by atoms with E-state index in [2.05, 4.69) is 5.10 Å². The Morgan fingerprint density at radius 1 is 1.38 bits per heavy atom. The van der Waals surface area contributed by atoms with Crippen LogP contribution in [0, 0.1) is 6.92 Å². The van der Waals surface area contributed by atoms with E-state index >= 15 is 0 Å². The quantitative estimate of drug-likeness (QED) is 0.897. The first-order valence-electron chi connectivity index (χ1n) is 4.81. The minimum absolute atomic E-state index is 0.527. The van der Waals surface area contributed by atoms with Crippen molar-refractivity contribution < 1.29 is 0 Å². The van der Waals surface area contributed by atoms with Crippen LogP contribution in [0.2, 0.25) is 10.0 Å². The van der Waals surface area contributed by atoms with Crippen LogP contribution in [-0.2, 0) is 6.54 Å². The van der Waals surface area contributed by atoms with Crippen molar-refractivity contribution in [3.63, 3.8) is 0 Å². The van der Waals surface area contributed by atoms with Crippen LogP contribution < -0.4 is 5.73 Å². The Hall–Kier alpha value is -1.19. The van der Waals surface area contributed by atoms with Gasteiger partial charge in [-0.05, 0) is 18.6 Å². The molecule has 2 rings (SSSR count). The van der Waals surface area contributed by atoms with E-state index in [4.69, 9.17) is 28.9 Å². The molecule has 0 atom stereocenters. The molecular weight excluding hydrogens is 245 g/mol. The number of nitrogen functional groups attached to an aromatic ring is 1. The molecule has 0 aliphatic carbocycles. The standard InChI is InChI=1S/C11H11Cl2N3/c1-7-5-10(14)16(15-7)6-8-3-2-4-9(12)11(8)13/h2-5H,6,14H2,1H3. The molecule has 0 radical (unpaired) electrons. The van der Waals surface area contributed by atoms with Gasteiger partial charge in [-0.3, -0.25) is 0 Å². The minimum Gasteiger partial charge on any atom is -0.384 e. The van der Waals surface area contributed by atoms with Crippen LogP contribution in [0.15, 0.2) is 24.3 Å². The van der Waals surface area contributed by atoms with E-state index in [1.54, 1.807) is 10.7 Å². The third-order valence-electron chi connectivity index (χ3n) is 2.28. The Morgan fingerprint density at radius 2 is 2.12 bits per heavy atom. The number of nitrogens with two attached hydrogens (primary N) is 1. The highest BCUT2D eigenvalue weighted by Gasteiger charge is 2.07. The number of hydrogen-bond donors (Lipinski definition) is 1. The van der Waals surface area contributed by atoms with Crippen LogP contribution in [0.5, 0.6) is 0 Å². The van der Waals surface area contributed by atoms with E-state index in [1.165, 1.54) is 0 Å². The van der Waals surface area contributed by atoms with Gasteiger partial charge in [0.25, 0.3) is 0 Å². The number of hydrogen-bond acceptors (Lipinski definition) is 2. The van der Waals surface area contributed by atoms with Gasteiger partial charge in [-0.15, -0.1) is 0 Å². The smallest absolute Gasteiger partial charge is 0.122 e. The number of anilines is 1. The number of halogens is 2. The zero-order chi connectivity index (χ0) is 11.7. The lowest BCUT2D eigenvalue weighted by Crippen LogP contribution is -2.06. The summed E-state index contributed by atoms with van der Waals surface area (Å²) in [5.74, 6) is 0.619. The highest BCUT2D eigenvalue weighted by atomic mass is 35.5. The van der Waals surface area contributed by atoms with Crippen molar-refractivity contribution in [2.24, 2.45) is 0 Å². The molecule has 0 bridgehead atoms. The maximum atomic E-state index is 6.09. The molecule has 1 heterocycles. The average Bonchev–Trinajstić information content (AvgIpc) is 2.53. The average molecular weight is 256 g/mol. The van der Waals surface area contributed by atoms with Gasteiger partial charge in [0.2, 0.25) is 0 Å². The van der Waals surface area contributed by atoms with Crippen molar-refractivity contribution in [2.75, 3.05) is 5.73 Å². The third kappa shape index (κ3) is 2.15. The fourth-order valence-electron chi connectivity index (χ4n) is 1.52. The maximum absolute atomic E-state index is 6.09. The molecule has 0 saturated carbocycles. The van der Waals surface area contributed by atoms with Crippen LogP contribution in [0.3, 0.4) is 0 Å². The van der Waals surface area contributed by atoms with Gasteiger partial charge in [0.1, 0.15) is 5.82 Å². The fraction of sp³-hybridized carbons (Fsp3) is 0.182. The molecule has 0 fully saturated rings. The highest BCUT2D eigenvalue weighted by Crippen LogP contribution is 2.26. The van der Waals surface area contributed by atoms with E-state index in [-0.39, 0.29) is 0 Å². The maximum Gasteiger partial charge on any atom is 0.122 e. The minimum atomic E-state index is 0.527. The third-order valence-corrected chi connectivity index (χ3v) is 3.14. The van der Waals surface area contributed by atoms with E-state index in [1.807, 2.05) is 25.1 Å². The van der Waals surface area contributed by atoms with Crippen LogP contribution in [0.25, 0.3) is 0 Å². The van der Waals surface area contributed by atoms with Crippen molar-refractivity contribution in [3.8, 4) is 0 Å². The summed E-state index contributed by atoms with van der Waals surface area (Å²) in [6.07, 6.45) is 0. The van der Waals surface area contributed by atoms with Gasteiger partial charge in [0.05, 0.1) is 22.3 Å². The Balaban J connectivity index is 2.34. The van der Waals surface area contributed by atoms with Gasteiger partial charge >= 0.3 is 0 Å². The lowest BCUT2D eigenvalue weighted by atomic mass is 10.2. The van der Waals surface area contributed by atoms with E-state index in [9.17, 15) is 0 Å². The molecule has 0 aliphatic heterocycles. The fourth-order valence-corrected chi connectivity index (χ4v) is 1.90. The molecule has 0 aliphatic rings. The molecule has 2 N–H and O–H groups in total. The Morgan fingerprint density at radius 3 is 2.75 bits per heavy atom. The first kappa shape index (κ1) is 11.3. The lowest BCUT2D eigenvalue weighted by molar-refractivity contribution is 0.689. The number of benzene rings is 1. The summed E-state index contributed by atoms with van der Waals surface area (Å²) in [5.41, 5.74) is 7.59. The van der Waals surface area contributed by atoms with Crippen molar-refractivity contribution in [2.45, 2.75) is 13.5 Å². The summed E-state index contributed by atoms with van der Waals surface area (Å²) in [6.45, 7) is 2.42. The molecule has 0 saturated heterocycles. The van der Waals surface area contributed by atoms with Crippen molar-refractivity contribution in [3.05, 3.63) is 45.6 Å². The second kappa shape index (κ2) is 4.36. The zero-order valence-corrected chi connectivity index (χ0v) is 10.3. The molecule has 1 aromatic carbocycles. The molecule has 1 aromatic heterocycles. The first-order chi connectivity index (χ1) is 7.58. The van der Waals surface area contributed by atoms with Gasteiger partial charge in [-0.1, -0.05) is 35.3 Å². The van der Waals surface area contributed by atoms with Gasteiger partial charge in [-0.25, -0.2) is 4.68 Å². The predicted octanol–water partition coefficient (Wildman–Crippen LogP) is 3.13. The molecule has 2 aromatic rings. The second-order valence-corrected chi connectivity index (χ2v) is 4.37. The Kier molecular flexibility index (Phi) is 3.08. The monoisotopic (exact) mass is 255 g/mol. The van der Waals surface area contributed by atoms with Gasteiger partial charge in [-0.2, -0.15) is 5.10 Å². The van der Waals surface area contributed by atoms with Crippen LogP contribution in [0.1, 0.15) is 11.3 Å². The molecule has 0 unspecified atom stereocenters. The molecule has 5 heteroatoms. The topological polar surface area (TPSA) is 43.8 Å². The van der Waals surface area contributed by atoms with Gasteiger partial charge in [0.15, 0.2) is 0 Å². The number of nitrogens with zero attached hydrogens (tertiary/aromatic N) is 2. The van der Waals surface area contributed by atoms with Gasteiger partial charge < -0.3 is 5.73 Å². The number of aromatic nitrogens is 2. The van der Waals surface area contributed by atoms with Crippen LogP contribution in [-0.4, -0.2) is 9.78 Å². The summed E-state index contributed by atoms with van der Waals surface area (Å²) < 4.78 is 1.70. The van der Waals surface area contributed by atoms with Crippen LogP contribution in [0.4, 0.5) is 5.82 Å².